The molecule has 1 unspecified atom stereocenters. The number of nitrogens with zero attached hydrogens (tertiary/aromatic N) is 2. The molecule has 0 fully saturated rings. The third-order valence-corrected chi connectivity index (χ3v) is 3.40. The zero-order valence-corrected chi connectivity index (χ0v) is 12.4. The molecule has 1 aliphatic heterocycles. The fourth-order valence-electron chi connectivity index (χ4n) is 2.28. The first-order valence-electron chi connectivity index (χ1n) is 7.07. The Bertz CT molecular complexity index is 794. The van der Waals surface area contributed by atoms with Crippen LogP contribution in [0, 0.1) is 0 Å². The minimum absolute atomic E-state index is 0.0328. The van der Waals surface area contributed by atoms with Crippen LogP contribution in [-0.4, -0.2) is 28.6 Å². The smallest absolute Gasteiger partial charge is 0.429 e. The molecule has 0 saturated carbocycles. The fourth-order valence-corrected chi connectivity index (χ4v) is 2.28. The van der Waals surface area contributed by atoms with Gasteiger partial charge in [-0.2, -0.15) is 31.3 Å². The minimum atomic E-state index is -4.76. The van der Waals surface area contributed by atoms with Crippen molar-refractivity contribution in [2.24, 2.45) is 0 Å². The molecule has 0 N–H and O–H groups in total. The first kappa shape index (κ1) is 17.3. The molecular formula is C15H10F6N2O2. The van der Waals surface area contributed by atoms with Gasteiger partial charge in [-0.15, -0.1) is 0 Å². The zero-order valence-electron chi connectivity index (χ0n) is 12.4. The molecule has 2 heterocycles. The summed E-state index contributed by atoms with van der Waals surface area (Å²) in [4.78, 5) is 3.65. The molecule has 1 aromatic carbocycles. The normalized spacial score (nSPS) is 17.7. The van der Waals surface area contributed by atoms with Crippen LogP contribution in [0.4, 0.5) is 26.3 Å². The van der Waals surface area contributed by atoms with Crippen molar-refractivity contribution in [3.05, 3.63) is 41.5 Å². The van der Waals surface area contributed by atoms with Crippen LogP contribution in [0.25, 0.3) is 11.6 Å². The van der Waals surface area contributed by atoms with Crippen LogP contribution in [0.1, 0.15) is 23.7 Å². The van der Waals surface area contributed by atoms with Crippen LogP contribution in [0.15, 0.2) is 28.8 Å². The third-order valence-electron chi connectivity index (χ3n) is 3.40. The van der Waals surface area contributed by atoms with Crippen molar-refractivity contribution >= 4 is 11.6 Å². The maximum absolute atomic E-state index is 13.3. The van der Waals surface area contributed by atoms with Gasteiger partial charge in [-0.05, 0) is 12.1 Å². The summed E-state index contributed by atoms with van der Waals surface area (Å²) in [6.45, 7) is 0. The van der Waals surface area contributed by atoms with Gasteiger partial charge < -0.3 is 9.26 Å². The Kier molecular flexibility index (Phi) is 4.21. The van der Waals surface area contributed by atoms with Gasteiger partial charge in [-0.3, -0.25) is 0 Å². The Balaban J connectivity index is 1.93. The lowest BCUT2D eigenvalue weighted by atomic mass is 10.0. The molecule has 1 aliphatic rings. The number of para-hydroxylation sites is 1. The van der Waals surface area contributed by atoms with Crippen molar-refractivity contribution in [2.75, 3.05) is 0 Å². The lowest BCUT2D eigenvalue weighted by Gasteiger charge is -2.27. The van der Waals surface area contributed by atoms with Crippen molar-refractivity contribution < 1.29 is 35.6 Å². The largest absolute Gasteiger partial charge is 0.475 e. The highest BCUT2D eigenvalue weighted by Crippen LogP contribution is 2.40. The van der Waals surface area contributed by atoms with Gasteiger partial charge in [0.15, 0.2) is 5.82 Å². The topological polar surface area (TPSA) is 48.2 Å². The van der Waals surface area contributed by atoms with Gasteiger partial charge in [0, 0.05) is 12.0 Å². The molecule has 10 heteroatoms. The molecule has 0 spiro atoms. The summed E-state index contributed by atoms with van der Waals surface area (Å²) >= 11 is 0. The Labute approximate surface area is 137 Å². The van der Waals surface area contributed by atoms with Crippen molar-refractivity contribution in [3.63, 3.8) is 0 Å². The van der Waals surface area contributed by atoms with E-state index >= 15 is 0 Å². The minimum Gasteiger partial charge on any atom is -0.475 e. The Morgan fingerprint density at radius 2 is 1.76 bits per heavy atom. The van der Waals surface area contributed by atoms with E-state index in [9.17, 15) is 26.3 Å². The molecule has 4 nitrogen and oxygen atoms in total. The van der Waals surface area contributed by atoms with E-state index in [0.717, 1.165) is 0 Å². The van der Waals surface area contributed by atoms with Crippen LogP contribution in [0.2, 0.25) is 0 Å². The summed E-state index contributed by atoms with van der Waals surface area (Å²) < 4.78 is 86.2. The summed E-state index contributed by atoms with van der Waals surface area (Å²) in [7, 11) is 0. The van der Waals surface area contributed by atoms with Gasteiger partial charge in [0.25, 0.3) is 5.89 Å². The first-order chi connectivity index (χ1) is 11.6. The van der Waals surface area contributed by atoms with Crippen LogP contribution in [0.5, 0.6) is 5.75 Å². The number of halogens is 6. The second-order valence-corrected chi connectivity index (χ2v) is 5.31. The Morgan fingerprint density at radius 3 is 2.44 bits per heavy atom. The maximum atomic E-state index is 13.3. The van der Waals surface area contributed by atoms with Gasteiger partial charge >= 0.3 is 12.4 Å². The summed E-state index contributed by atoms with van der Waals surface area (Å²) in [6, 6.07) is 6.03. The monoisotopic (exact) mass is 364 g/mol. The third kappa shape index (κ3) is 3.94. The molecule has 0 aliphatic carbocycles. The highest BCUT2D eigenvalue weighted by molar-refractivity contribution is 5.84. The molecule has 1 atom stereocenters. The molecule has 1 aromatic heterocycles. The number of benzene rings is 1. The Hall–Kier alpha value is -2.52. The number of rotatable bonds is 3. The number of alkyl halides is 6. The van der Waals surface area contributed by atoms with Gasteiger partial charge in [0.1, 0.15) is 5.75 Å². The number of aromatic nitrogens is 2. The van der Waals surface area contributed by atoms with E-state index in [1.54, 1.807) is 6.07 Å². The number of hydrogen-bond donors (Lipinski definition) is 0. The van der Waals surface area contributed by atoms with Crippen molar-refractivity contribution in [2.45, 2.75) is 31.3 Å². The molecule has 3 rings (SSSR count). The summed E-state index contributed by atoms with van der Waals surface area (Å²) in [5.41, 5.74) is -0.0787. The first-order valence-corrected chi connectivity index (χ1v) is 7.07. The average molecular weight is 364 g/mol. The zero-order chi connectivity index (χ0) is 18.2. The van der Waals surface area contributed by atoms with Crippen LogP contribution >= 0.6 is 0 Å². The second kappa shape index (κ2) is 6.08. The maximum Gasteiger partial charge on any atom is 0.429 e. The molecule has 2 aromatic rings. The van der Waals surface area contributed by atoms with Gasteiger partial charge in [0.05, 0.1) is 12.0 Å². The standard InChI is InChI=1S/C15H10F6N2O2/c16-14(17,18)6-5-11-22-13(25-23-11)9-7-8-3-1-2-4-10(8)24-12(9)15(19,20)21/h1-4,7,12H,5-6H2. The molecule has 134 valence electrons. The van der Waals surface area contributed by atoms with Gasteiger partial charge in [-0.25, -0.2) is 0 Å². The van der Waals surface area contributed by atoms with E-state index in [1.807, 2.05) is 0 Å². The van der Waals surface area contributed by atoms with Crippen LogP contribution < -0.4 is 4.74 Å². The molecular weight excluding hydrogens is 354 g/mol. The fraction of sp³-hybridized carbons (Fsp3) is 0.333. The second-order valence-electron chi connectivity index (χ2n) is 5.31. The quantitative estimate of drug-likeness (QED) is 0.756. The Morgan fingerprint density at radius 1 is 1.04 bits per heavy atom. The average Bonchev–Trinajstić information content (AvgIpc) is 2.99. The van der Waals surface area contributed by atoms with E-state index in [0.29, 0.717) is 5.56 Å². The van der Waals surface area contributed by atoms with Crippen molar-refractivity contribution in [1.82, 2.24) is 10.1 Å². The van der Waals surface area contributed by atoms with E-state index in [1.165, 1.54) is 24.3 Å². The summed E-state index contributed by atoms with van der Waals surface area (Å²) in [5.74, 6) is -0.813. The lowest BCUT2D eigenvalue weighted by molar-refractivity contribution is -0.177. The van der Waals surface area contributed by atoms with E-state index in [4.69, 9.17) is 9.26 Å². The number of ether oxygens (including phenoxy) is 1. The van der Waals surface area contributed by atoms with E-state index in [-0.39, 0.29) is 11.6 Å². The number of fused-ring (bicyclic) bond motifs is 1. The predicted molar refractivity (Wildman–Crippen MR) is 73.5 cm³/mol. The van der Waals surface area contributed by atoms with Crippen LogP contribution in [0.3, 0.4) is 0 Å². The lowest BCUT2D eigenvalue weighted by Crippen LogP contribution is -2.37. The predicted octanol–water partition coefficient (Wildman–Crippen LogP) is 4.43. The van der Waals surface area contributed by atoms with Crippen LogP contribution in [-0.2, 0) is 6.42 Å². The van der Waals surface area contributed by atoms with Crippen molar-refractivity contribution in [1.29, 1.82) is 0 Å². The summed E-state index contributed by atoms with van der Waals surface area (Å²) in [5, 5.41) is 3.32. The van der Waals surface area contributed by atoms with Crippen molar-refractivity contribution in [3.8, 4) is 5.75 Å². The van der Waals surface area contributed by atoms with Gasteiger partial charge in [0.2, 0.25) is 6.10 Å². The highest BCUT2D eigenvalue weighted by Gasteiger charge is 2.48. The van der Waals surface area contributed by atoms with Gasteiger partial charge in [-0.1, -0.05) is 23.4 Å². The SMILES string of the molecule is FC(F)(F)CCc1noc(C2=Cc3ccccc3OC2C(F)(F)F)n1. The number of hydrogen-bond acceptors (Lipinski definition) is 4. The number of aryl methyl sites for hydroxylation is 1. The highest BCUT2D eigenvalue weighted by atomic mass is 19.4. The molecule has 0 saturated heterocycles. The molecule has 0 amide bonds. The van der Waals surface area contributed by atoms with E-state index in [2.05, 4.69) is 10.1 Å². The summed E-state index contributed by atoms with van der Waals surface area (Å²) in [6.07, 6.45) is -12.2. The van der Waals surface area contributed by atoms with E-state index < -0.39 is 42.8 Å². The molecule has 25 heavy (non-hydrogen) atoms. The molecule has 0 radical (unpaired) electrons. The molecule has 0 bridgehead atoms.